The van der Waals surface area contributed by atoms with Crippen molar-refractivity contribution in [2.24, 2.45) is 11.3 Å². The summed E-state index contributed by atoms with van der Waals surface area (Å²) in [7, 11) is 2.22. The fraction of sp³-hybridized carbons (Fsp3) is 0.952. The Morgan fingerprint density at radius 1 is 1.00 bits per heavy atom. The van der Waals surface area contributed by atoms with E-state index in [0.29, 0.717) is 24.1 Å². The number of nitrogens with zero attached hydrogens (tertiary/aromatic N) is 2. The van der Waals surface area contributed by atoms with Crippen molar-refractivity contribution in [1.82, 2.24) is 20.4 Å². The van der Waals surface area contributed by atoms with Crippen molar-refractivity contribution in [3.63, 3.8) is 0 Å². The zero-order chi connectivity index (χ0) is 18.4. The third-order valence-electron chi connectivity index (χ3n) is 8.39. The fourth-order valence-corrected chi connectivity index (χ4v) is 6.59. The van der Waals surface area contributed by atoms with E-state index in [9.17, 15) is 4.79 Å². The minimum atomic E-state index is 0.0642. The second-order valence-corrected chi connectivity index (χ2v) is 9.77. The van der Waals surface area contributed by atoms with Crippen molar-refractivity contribution >= 4 is 6.03 Å². The first-order valence-electron chi connectivity index (χ1n) is 11.3. The van der Waals surface area contributed by atoms with Gasteiger partial charge < -0.3 is 25.2 Å². The van der Waals surface area contributed by atoms with Gasteiger partial charge in [0.05, 0.1) is 6.10 Å². The number of urea groups is 1. The van der Waals surface area contributed by atoms with E-state index in [0.717, 1.165) is 45.0 Å². The lowest BCUT2D eigenvalue weighted by atomic mass is 9.46. The molecule has 3 saturated heterocycles. The Balaban J connectivity index is 1.08. The van der Waals surface area contributed by atoms with Crippen LogP contribution in [0.2, 0.25) is 0 Å². The van der Waals surface area contributed by atoms with Crippen molar-refractivity contribution in [2.75, 3.05) is 39.8 Å². The zero-order valence-electron chi connectivity index (χ0n) is 16.8. The molecule has 5 rings (SSSR count). The van der Waals surface area contributed by atoms with Crippen molar-refractivity contribution in [3.05, 3.63) is 0 Å². The molecule has 0 aromatic heterocycles. The summed E-state index contributed by atoms with van der Waals surface area (Å²) in [4.78, 5) is 17.8. The molecule has 0 radical (unpaired) electrons. The second kappa shape index (κ2) is 7.20. The van der Waals surface area contributed by atoms with Gasteiger partial charge in [-0.15, -0.1) is 0 Å². The number of carbonyl (C=O) groups is 1. The quantitative estimate of drug-likeness (QED) is 0.789. The lowest BCUT2D eigenvalue weighted by molar-refractivity contribution is -0.172. The molecular formula is C21H36N4O2. The highest BCUT2D eigenvalue weighted by Gasteiger charge is 2.67. The van der Waals surface area contributed by atoms with Gasteiger partial charge in [-0.05, 0) is 65.1 Å². The molecule has 3 atom stereocenters. The van der Waals surface area contributed by atoms with E-state index in [1.54, 1.807) is 0 Å². The molecule has 3 aliphatic heterocycles. The Morgan fingerprint density at radius 2 is 1.74 bits per heavy atom. The third kappa shape index (κ3) is 3.18. The summed E-state index contributed by atoms with van der Waals surface area (Å²) in [6.07, 6.45) is 10.1. The topological polar surface area (TPSA) is 56.8 Å². The molecule has 2 amide bonds. The summed E-state index contributed by atoms with van der Waals surface area (Å²) >= 11 is 0. The number of piperidine rings is 2. The number of hydrogen-bond donors (Lipinski definition) is 2. The van der Waals surface area contributed by atoms with Crippen LogP contribution in [-0.2, 0) is 4.74 Å². The van der Waals surface area contributed by atoms with Crippen LogP contribution in [-0.4, -0.2) is 79.9 Å². The first-order chi connectivity index (χ1) is 13.2. The fourth-order valence-electron chi connectivity index (χ4n) is 6.59. The Kier molecular flexibility index (Phi) is 4.85. The molecule has 2 aliphatic carbocycles. The Morgan fingerprint density at radius 3 is 2.41 bits per heavy atom. The predicted octanol–water partition coefficient (Wildman–Crippen LogP) is 1.80. The molecule has 2 saturated carbocycles. The van der Waals surface area contributed by atoms with Crippen LogP contribution in [0.1, 0.15) is 51.4 Å². The Hall–Kier alpha value is -0.850. The van der Waals surface area contributed by atoms with Crippen molar-refractivity contribution in [3.8, 4) is 0 Å². The first-order valence-corrected chi connectivity index (χ1v) is 11.3. The maximum Gasteiger partial charge on any atom is 0.315 e. The molecule has 3 unspecified atom stereocenters. The van der Waals surface area contributed by atoms with Crippen molar-refractivity contribution < 1.29 is 9.53 Å². The van der Waals surface area contributed by atoms with E-state index >= 15 is 0 Å². The van der Waals surface area contributed by atoms with Gasteiger partial charge in [-0.1, -0.05) is 6.42 Å². The molecular weight excluding hydrogens is 340 g/mol. The van der Waals surface area contributed by atoms with Gasteiger partial charge in [0.15, 0.2) is 0 Å². The number of fused-ring (bicyclic) bond motifs is 2. The van der Waals surface area contributed by atoms with Gasteiger partial charge in [0.2, 0.25) is 0 Å². The lowest BCUT2D eigenvalue weighted by Gasteiger charge is -2.63. The molecule has 27 heavy (non-hydrogen) atoms. The van der Waals surface area contributed by atoms with Crippen LogP contribution < -0.4 is 10.6 Å². The highest BCUT2D eigenvalue weighted by atomic mass is 16.5. The minimum absolute atomic E-state index is 0.0642. The Labute approximate surface area is 163 Å². The standard InChI is InChI=1S/C21H36N4O2/c1-24-10-5-16(6-11-24)25-12-3-15(4-13-25)22-20(26)23-18-17-7-14-27-19(17)21(18)8-2-9-21/h15-19H,2-14H2,1H3,(H2,22,23,26). The number of likely N-dealkylation sites (tertiary alicyclic amines) is 2. The number of rotatable bonds is 3. The van der Waals surface area contributed by atoms with Gasteiger partial charge in [-0.2, -0.15) is 0 Å². The van der Waals surface area contributed by atoms with Crippen LogP contribution in [0.25, 0.3) is 0 Å². The monoisotopic (exact) mass is 376 g/mol. The van der Waals surface area contributed by atoms with Crippen LogP contribution in [0.5, 0.6) is 0 Å². The van der Waals surface area contributed by atoms with E-state index in [1.807, 2.05) is 0 Å². The van der Waals surface area contributed by atoms with Gasteiger partial charge in [-0.25, -0.2) is 4.79 Å². The number of hydrogen-bond acceptors (Lipinski definition) is 4. The van der Waals surface area contributed by atoms with E-state index in [-0.39, 0.29) is 11.4 Å². The van der Waals surface area contributed by atoms with E-state index < -0.39 is 0 Å². The number of amides is 2. The van der Waals surface area contributed by atoms with E-state index in [2.05, 4.69) is 27.5 Å². The van der Waals surface area contributed by atoms with Crippen molar-refractivity contribution in [1.29, 1.82) is 0 Å². The van der Waals surface area contributed by atoms with Gasteiger partial charge in [0.1, 0.15) is 0 Å². The van der Waals surface area contributed by atoms with Crippen LogP contribution in [0.4, 0.5) is 4.79 Å². The summed E-state index contributed by atoms with van der Waals surface area (Å²) < 4.78 is 5.97. The van der Waals surface area contributed by atoms with Crippen LogP contribution in [0, 0.1) is 11.3 Å². The van der Waals surface area contributed by atoms with Gasteiger partial charge >= 0.3 is 6.03 Å². The van der Waals surface area contributed by atoms with Gasteiger partial charge in [0.25, 0.3) is 0 Å². The van der Waals surface area contributed by atoms with Crippen LogP contribution in [0.15, 0.2) is 0 Å². The minimum Gasteiger partial charge on any atom is -0.377 e. The smallest absolute Gasteiger partial charge is 0.315 e. The first kappa shape index (κ1) is 18.2. The summed E-state index contributed by atoms with van der Waals surface area (Å²) in [6.45, 7) is 5.59. The molecule has 5 fully saturated rings. The Bertz CT molecular complexity index is 550. The molecule has 6 heteroatoms. The van der Waals surface area contributed by atoms with Crippen LogP contribution >= 0.6 is 0 Å². The van der Waals surface area contributed by atoms with Crippen LogP contribution in [0.3, 0.4) is 0 Å². The molecule has 2 N–H and O–H groups in total. The largest absolute Gasteiger partial charge is 0.377 e. The van der Waals surface area contributed by atoms with E-state index in [1.165, 1.54) is 45.2 Å². The zero-order valence-corrected chi connectivity index (χ0v) is 16.8. The molecule has 0 aromatic rings. The summed E-state index contributed by atoms with van der Waals surface area (Å²) in [5.41, 5.74) is 0.274. The number of ether oxygens (including phenoxy) is 1. The normalized spacial score (nSPS) is 37.4. The molecule has 0 aromatic carbocycles. The van der Waals surface area contributed by atoms with Crippen molar-refractivity contribution in [2.45, 2.75) is 75.6 Å². The SMILES string of the molecule is CN1CCC(N2CCC(NC(=O)NC3C4CCOC4C34CCC4)CC2)CC1. The van der Waals surface area contributed by atoms with Gasteiger partial charge in [0, 0.05) is 49.2 Å². The highest BCUT2D eigenvalue weighted by Crippen LogP contribution is 2.62. The molecule has 6 nitrogen and oxygen atoms in total. The number of nitrogens with one attached hydrogen (secondary N) is 2. The third-order valence-corrected chi connectivity index (χ3v) is 8.39. The predicted molar refractivity (Wildman–Crippen MR) is 105 cm³/mol. The highest BCUT2D eigenvalue weighted by molar-refractivity contribution is 5.75. The average molecular weight is 377 g/mol. The molecule has 1 spiro atoms. The lowest BCUT2D eigenvalue weighted by Crippen LogP contribution is -2.72. The molecule has 152 valence electrons. The summed E-state index contributed by atoms with van der Waals surface area (Å²) in [5.74, 6) is 0.558. The average Bonchev–Trinajstić information content (AvgIpc) is 3.05. The van der Waals surface area contributed by atoms with E-state index in [4.69, 9.17) is 4.74 Å². The van der Waals surface area contributed by atoms with Gasteiger partial charge in [-0.3, -0.25) is 0 Å². The maximum absolute atomic E-state index is 12.7. The summed E-state index contributed by atoms with van der Waals surface area (Å²) in [5, 5.41) is 6.65. The number of carbonyl (C=O) groups excluding carboxylic acids is 1. The molecule has 3 heterocycles. The molecule has 5 aliphatic rings. The summed E-state index contributed by atoms with van der Waals surface area (Å²) in [6, 6.07) is 1.50. The maximum atomic E-state index is 12.7. The molecule has 0 bridgehead atoms. The second-order valence-electron chi connectivity index (χ2n) is 9.77.